The summed E-state index contributed by atoms with van der Waals surface area (Å²) in [5.41, 5.74) is 2.54. The van der Waals surface area contributed by atoms with Gasteiger partial charge in [-0.15, -0.1) is 0 Å². The molecule has 136 valence electrons. The second-order valence-electron chi connectivity index (χ2n) is 6.20. The molecule has 1 aliphatic rings. The summed E-state index contributed by atoms with van der Waals surface area (Å²) in [5, 5.41) is 9.35. The Hall–Kier alpha value is -2.53. The van der Waals surface area contributed by atoms with Gasteiger partial charge in [0, 0.05) is 36.6 Å². The van der Waals surface area contributed by atoms with Crippen LogP contribution in [0.2, 0.25) is 5.02 Å². The number of carbonyl (C=O) groups is 1. The Morgan fingerprint density at radius 3 is 2.65 bits per heavy atom. The number of nitrogens with zero attached hydrogens (tertiary/aromatic N) is 2. The molecule has 5 nitrogen and oxygen atoms in total. The molecule has 26 heavy (non-hydrogen) atoms. The lowest BCUT2D eigenvalue weighted by molar-refractivity contribution is 0.0697. The van der Waals surface area contributed by atoms with Crippen LogP contribution in [0, 0.1) is 0 Å². The number of piperidine rings is 1. The van der Waals surface area contributed by atoms with Gasteiger partial charge in [-0.2, -0.15) is 0 Å². The second-order valence-corrected chi connectivity index (χ2v) is 6.61. The second kappa shape index (κ2) is 8.23. The maximum atomic E-state index is 11.2. The topological polar surface area (TPSA) is 62.1 Å². The summed E-state index contributed by atoms with van der Waals surface area (Å²) < 4.78 is 5.51. The molecule has 3 rings (SSSR count). The highest BCUT2D eigenvalue weighted by atomic mass is 35.5. The van der Waals surface area contributed by atoms with Crippen LogP contribution in [-0.4, -0.2) is 37.5 Å². The molecule has 1 aliphatic heterocycles. The Morgan fingerprint density at radius 1 is 1.19 bits per heavy atom. The number of methoxy groups -OCH3 is 1. The number of ether oxygens (including phenoxy) is 1. The van der Waals surface area contributed by atoms with Crippen molar-refractivity contribution >= 4 is 35.2 Å². The van der Waals surface area contributed by atoms with E-state index in [9.17, 15) is 4.79 Å². The SMILES string of the molecule is COc1cc(N2CCCCC2)ccc1C=Nc1ccc(Cl)c(C(=O)O)c1. The van der Waals surface area contributed by atoms with Gasteiger partial charge in [0.15, 0.2) is 0 Å². The summed E-state index contributed by atoms with van der Waals surface area (Å²) in [5.74, 6) is -0.334. The third kappa shape index (κ3) is 4.17. The van der Waals surface area contributed by atoms with E-state index < -0.39 is 5.97 Å². The average molecular weight is 373 g/mol. The molecule has 2 aromatic rings. The van der Waals surface area contributed by atoms with Gasteiger partial charge in [-0.1, -0.05) is 11.6 Å². The molecule has 0 saturated carbocycles. The normalized spacial score (nSPS) is 14.6. The predicted molar refractivity (Wildman–Crippen MR) is 105 cm³/mol. The largest absolute Gasteiger partial charge is 0.496 e. The van der Waals surface area contributed by atoms with Crippen LogP contribution in [0.4, 0.5) is 11.4 Å². The molecule has 0 atom stereocenters. The first-order valence-electron chi connectivity index (χ1n) is 8.58. The number of benzene rings is 2. The van der Waals surface area contributed by atoms with E-state index in [1.165, 1.54) is 31.4 Å². The minimum absolute atomic E-state index is 0.0359. The van der Waals surface area contributed by atoms with E-state index in [1.54, 1.807) is 19.4 Å². The fourth-order valence-electron chi connectivity index (χ4n) is 3.06. The first-order chi connectivity index (χ1) is 12.6. The van der Waals surface area contributed by atoms with Crippen LogP contribution in [0.15, 0.2) is 41.4 Å². The molecule has 0 bridgehead atoms. The molecule has 1 N–H and O–H groups in total. The van der Waals surface area contributed by atoms with Crippen molar-refractivity contribution in [2.24, 2.45) is 4.99 Å². The minimum Gasteiger partial charge on any atom is -0.496 e. The quantitative estimate of drug-likeness (QED) is 0.766. The van der Waals surface area contributed by atoms with E-state index in [4.69, 9.17) is 21.4 Å². The standard InChI is InChI=1S/C20H21ClN2O3/c1-26-19-12-16(23-9-3-2-4-10-23)7-5-14(19)13-22-15-6-8-18(21)17(11-15)20(24)25/h5-8,11-13H,2-4,9-10H2,1H3,(H,24,25). The van der Waals surface area contributed by atoms with E-state index in [2.05, 4.69) is 16.0 Å². The van der Waals surface area contributed by atoms with Crippen LogP contribution in [0.1, 0.15) is 35.2 Å². The van der Waals surface area contributed by atoms with Crippen LogP contribution in [-0.2, 0) is 0 Å². The zero-order valence-corrected chi connectivity index (χ0v) is 15.4. The monoisotopic (exact) mass is 372 g/mol. The van der Waals surface area contributed by atoms with E-state index in [-0.39, 0.29) is 10.6 Å². The van der Waals surface area contributed by atoms with E-state index in [1.807, 2.05) is 12.1 Å². The predicted octanol–water partition coefficient (Wildman–Crippen LogP) is 4.79. The summed E-state index contributed by atoms with van der Waals surface area (Å²) in [7, 11) is 1.64. The van der Waals surface area contributed by atoms with Gasteiger partial charge in [-0.05, 0) is 49.6 Å². The van der Waals surface area contributed by atoms with E-state index in [0.717, 1.165) is 30.1 Å². The Balaban J connectivity index is 1.84. The Bertz CT molecular complexity index is 830. The molecular weight excluding hydrogens is 352 g/mol. The van der Waals surface area contributed by atoms with Crippen molar-refractivity contribution in [3.05, 3.63) is 52.5 Å². The molecule has 6 heteroatoms. The number of halogens is 1. The van der Waals surface area contributed by atoms with Crippen molar-refractivity contribution in [2.75, 3.05) is 25.1 Å². The van der Waals surface area contributed by atoms with Crippen LogP contribution in [0.25, 0.3) is 0 Å². The lowest BCUT2D eigenvalue weighted by Gasteiger charge is -2.29. The average Bonchev–Trinajstić information content (AvgIpc) is 2.67. The van der Waals surface area contributed by atoms with Crippen molar-refractivity contribution in [1.82, 2.24) is 0 Å². The van der Waals surface area contributed by atoms with Gasteiger partial charge < -0.3 is 14.7 Å². The number of aromatic carboxylic acids is 1. The fraction of sp³-hybridized carbons (Fsp3) is 0.300. The summed E-state index contributed by atoms with van der Waals surface area (Å²) in [6.45, 7) is 2.14. The van der Waals surface area contributed by atoms with Gasteiger partial charge in [0.05, 0.1) is 23.4 Å². The van der Waals surface area contributed by atoms with Crippen molar-refractivity contribution in [1.29, 1.82) is 0 Å². The molecule has 0 aromatic heterocycles. The summed E-state index contributed by atoms with van der Waals surface area (Å²) >= 11 is 5.89. The first kappa shape index (κ1) is 18.3. The Labute approximate surface area is 157 Å². The van der Waals surface area contributed by atoms with Gasteiger partial charge in [0.25, 0.3) is 0 Å². The van der Waals surface area contributed by atoms with Crippen molar-refractivity contribution in [3.63, 3.8) is 0 Å². The van der Waals surface area contributed by atoms with Gasteiger partial charge in [0.2, 0.25) is 0 Å². The molecular formula is C20H21ClN2O3. The highest BCUT2D eigenvalue weighted by molar-refractivity contribution is 6.33. The Morgan fingerprint density at radius 2 is 1.96 bits per heavy atom. The van der Waals surface area contributed by atoms with Crippen molar-refractivity contribution in [2.45, 2.75) is 19.3 Å². The number of hydrogen-bond donors (Lipinski definition) is 1. The van der Waals surface area contributed by atoms with Crippen LogP contribution >= 0.6 is 11.6 Å². The van der Waals surface area contributed by atoms with Crippen LogP contribution in [0.5, 0.6) is 5.75 Å². The highest BCUT2D eigenvalue weighted by Gasteiger charge is 2.13. The fourth-order valence-corrected chi connectivity index (χ4v) is 3.26. The first-order valence-corrected chi connectivity index (χ1v) is 8.96. The lowest BCUT2D eigenvalue weighted by Crippen LogP contribution is -2.29. The third-order valence-electron chi connectivity index (χ3n) is 4.47. The molecule has 0 unspecified atom stereocenters. The molecule has 0 spiro atoms. The molecule has 0 amide bonds. The van der Waals surface area contributed by atoms with Crippen LogP contribution < -0.4 is 9.64 Å². The lowest BCUT2D eigenvalue weighted by atomic mass is 10.1. The highest BCUT2D eigenvalue weighted by Crippen LogP contribution is 2.28. The number of carboxylic acid groups (broad SMARTS) is 1. The molecule has 1 heterocycles. The number of rotatable bonds is 5. The van der Waals surface area contributed by atoms with Gasteiger partial charge in [-0.25, -0.2) is 4.79 Å². The van der Waals surface area contributed by atoms with Crippen molar-refractivity contribution < 1.29 is 14.6 Å². The smallest absolute Gasteiger partial charge is 0.337 e. The van der Waals surface area contributed by atoms with Gasteiger partial charge >= 0.3 is 5.97 Å². The third-order valence-corrected chi connectivity index (χ3v) is 4.80. The van der Waals surface area contributed by atoms with Gasteiger partial charge in [-0.3, -0.25) is 4.99 Å². The Kier molecular flexibility index (Phi) is 5.78. The number of hydrogen-bond acceptors (Lipinski definition) is 4. The summed E-state index contributed by atoms with van der Waals surface area (Å²) in [6, 6.07) is 10.7. The molecule has 0 radical (unpaired) electrons. The van der Waals surface area contributed by atoms with Crippen LogP contribution in [0.3, 0.4) is 0 Å². The molecule has 2 aromatic carbocycles. The molecule has 1 saturated heterocycles. The maximum Gasteiger partial charge on any atom is 0.337 e. The minimum atomic E-state index is -1.07. The van der Waals surface area contributed by atoms with E-state index >= 15 is 0 Å². The number of aliphatic imine (C=N–C) groups is 1. The molecule has 1 fully saturated rings. The number of carboxylic acids is 1. The van der Waals surface area contributed by atoms with E-state index in [0.29, 0.717) is 5.69 Å². The molecule has 0 aliphatic carbocycles. The summed E-state index contributed by atoms with van der Waals surface area (Å²) in [4.78, 5) is 17.9. The maximum absolute atomic E-state index is 11.2. The summed E-state index contributed by atoms with van der Waals surface area (Å²) in [6.07, 6.45) is 5.40. The zero-order chi connectivity index (χ0) is 18.5. The van der Waals surface area contributed by atoms with Gasteiger partial charge in [0.1, 0.15) is 5.75 Å². The van der Waals surface area contributed by atoms with Crippen molar-refractivity contribution in [3.8, 4) is 5.75 Å². The zero-order valence-electron chi connectivity index (χ0n) is 14.6. The number of anilines is 1.